The molecule has 1 aliphatic heterocycles. The molecule has 1 aromatic carbocycles. The van der Waals surface area contributed by atoms with Crippen molar-refractivity contribution < 1.29 is 36.2 Å². The van der Waals surface area contributed by atoms with E-state index in [1.165, 1.54) is 18.2 Å². The predicted octanol–water partition coefficient (Wildman–Crippen LogP) is 1.54. The number of alkyl halides is 3. The Kier molecular flexibility index (Phi) is 4.33. The third kappa shape index (κ3) is 4.24. The summed E-state index contributed by atoms with van der Waals surface area (Å²) in [5.74, 6) is -0.421. The zero-order valence-electron chi connectivity index (χ0n) is 10.8. The molecule has 0 amide bonds. The predicted molar refractivity (Wildman–Crippen MR) is 66.2 cm³/mol. The molecule has 1 atom stereocenters. The summed E-state index contributed by atoms with van der Waals surface area (Å²) in [6, 6.07) is 3.77. The molecule has 0 aliphatic carbocycles. The summed E-state index contributed by atoms with van der Waals surface area (Å²) in [4.78, 5) is -0.215. The Morgan fingerprint density at radius 1 is 1.19 bits per heavy atom. The third-order valence-corrected chi connectivity index (χ3v) is 4.55. The first-order chi connectivity index (χ1) is 9.67. The van der Waals surface area contributed by atoms with Crippen LogP contribution in [0.5, 0.6) is 11.5 Å². The van der Waals surface area contributed by atoms with E-state index in [2.05, 4.69) is 0 Å². The highest BCUT2D eigenvalue weighted by Gasteiger charge is 2.33. The molecule has 1 N–H and O–H groups in total. The molecule has 0 fully saturated rings. The van der Waals surface area contributed by atoms with Crippen molar-refractivity contribution in [2.24, 2.45) is 0 Å². The van der Waals surface area contributed by atoms with E-state index >= 15 is 0 Å². The Labute approximate surface area is 119 Å². The Morgan fingerprint density at radius 3 is 2.43 bits per heavy atom. The van der Waals surface area contributed by atoms with Crippen LogP contribution >= 0.6 is 0 Å². The SMILES string of the molecule is O=S(=O)(C[C@H](O)CC(F)(F)F)c1ccc2c(c1)OCCO2. The van der Waals surface area contributed by atoms with Crippen LogP contribution in [-0.4, -0.2) is 44.8 Å². The van der Waals surface area contributed by atoms with Crippen molar-refractivity contribution in [1.82, 2.24) is 0 Å². The number of benzene rings is 1. The van der Waals surface area contributed by atoms with Crippen LogP contribution in [0.15, 0.2) is 23.1 Å². The van der Waals surface area contributed by atoms with E-state index in [9.17, 15) is 26.7 Å². The summed E-state index contributed by atoms with van der Waals surface area (Å²) < 4.78 is 70.8. The molecular weight excluding hydrogens is 313 g/mol. The van der Waals surface area contributed by atoms with Gasteiger partial charge in [-0.15, -0.1) is 0 Å². The molecule has 9 heteroatoms. The van der Waals surface area contributed by atoms with Crippen LogP contribution in [0, 0.1) is 0 Å². The van der Waals surface area contributed by atoms with E-state index in [0.29, 0.717) is 12.4 Å². The Morgan fingerprint density at radius 2 is 1.81 bits per heavy atom. The lowest BCUT2D eigenvalue weighted by Gasteiger charge is -2.19. The lowest BCUT2D eigenvalue weighted by molar-refractivity contribution is -0.150. The number of hydrogen-bond donors (Lipinski definition) is 1. The van der Waals surface area contributed by atoms with Crippen LogP contribution < -0.4 is 9.47 Å². The molecule has 1 heterocycles. The number of rotatable bonds is 4. The van der Waals surface area contributed by atoms with Crippen LogP contribution in [0.1, 0.15) is 6.42 Å². The maximum Gasteiger partial charge on any atom is 0.391 e. The number of fused-ring (bicyclic) bond motifs is 1. The summed E-state index contributed by atoms with van der Waals surface area (Å²) in [6.07, 6.45) is -8.21. The number of aliphatic hydroxyl groups excluding tert-OH is 1. The van der Waals surface area contributed by atoms with Crippen LogP contribution in [0.3, 0.4) is 0 Å². The first-order valence-corrected chi connectivity index (χ1v) is 7.70. The normalized spacial score (nSPS) is 16.6. The van der Waals surface area contributed by atoms with E-state index < -0.39 is 34.3 Å². The fraction of sp³-hybridized carbons (Fsp3) is 0.500. The smallest absolute Gasteiger partial charge is 0.391 e. The molecule has 0 bridgehead atoms. The number of sulfone groups is 1. The molecule has 1 aromatic rings. The second kappa shape index (κ2) is 5.72. The summed E-state index contributed by atoms with van der Waals surface area (Å²) >= 11 is 0. The van der Waals surface area contributed by atoms with Gasteiger partial charge in [0.2, 0.25) is 0 Å². The van der Waals surface area contributed by atoms with Crippen molar-refractivity contribution >= 4 is 9.84 Å². The lowest BCUT2D eigenvalue weighted by atomic mass is 10.3. The second-order valence-corrected chi connectivity index (χ2v) is 6.59. The van der Waals surface area contributed by atoms with Gasteiger partial charge in [0.15, 0.2) is 21.3 Å². The Bertz CT molecular complexity index is 612. The molecule has 2 rings (SSSR count). The molecule has 0 spiro atoms. The van der Waals surface area contributed by atoms with E-state index in [0.717, 1.165) is 0 Å². The van der Waals surface area contributed by atoms with Crippen molar-refractivity contribution in [1.29, 1.82) is 0 Å². The Hall–Kier alpha value is -1.48. The van der Waals surface area contributed by atoms with Gasteiger partial charge in [0.05, 0.1) is 23.2 Å². The minimum Gasteiger partial charge on any atom is -0.486 e. The van der Waals surface area contributed by atoms with E-state index in [-0.39, 0.29) is 17.3 Å². The van der Waals surface area contributed by atoms with Gasteiger partial charge in [-0.3, -0.25) is 0 Å². The van der Waals surface area contributed by atoms with Gasteiger partial charge in [0.25, 0.3) is 0 Å². The maximum atomic E-state index is 12.1. The molecule has 0 saturated carbocycles. The standard InChI is InChI=1S/C12H13F3O5S/c13-12(14,15)6-8(16)7-21(17,18)9-1-2-10-11(5-9)20-4-3-19-10/h1-2,5,8,16H,3-4,6-7H2/t8-/m1/s1. The number of hydrogen-bond acceptors (Lipinski definition) is 5. The molecule has 5 nitrogen and oxygen atoms in total. The van der Waals surface area contributed by atoms with Crippen molar-refractivity contribution in [3.63, 3.8) is 0 Å². The fourth-order valence-electron chi connectivity index (χ4n) is 1.89. The average molecular weight is 326 g/mol. The van der Waals surface area contributed by atoms with E-state index in [4.69, 9.17) is 9.47 Å². The van der Waals surface area contributed by atoms with Crippen LogP contribution in [-0.2, 0) is 9.84 Å². The zero-order chi connectivity index (χ0) is 15.7. The largest absolute Gasteiger partial charge is 0.486 e. The molecule has 118 valence electrons. The lowest BCUT2D eigenvalue weighted by Crippen LogP contribution is -2.27. The molecule has 0 aromatic heterocycles. The van der Waals surface area contributed by atoms with Gasteiger partial charge in [0.1, 0.15) is 13.2 Å². The van der Waals surface area contributed by atoms with Gasteiger partial charge in [-0.05, 0) is 12.1 Å². The van der Waals surface area contributed by atoms with Crippen molar-refractivity contribution in [3.05, 3.63) is 18.2 Å². The molecule has 0 unspecified atom stereocenters. The Balaban J connectivity index is 2.16. The highest BCUT2D eigenvalue weighted by atomic mass is 32.2. The summed E-state index contributed by atoms with van der Waals surface area (Å²) in [5, 5.41) is 9.27. The number of halogens is 3. The number of aliphatic hydroxyl groups is 1. The summed E-state index contributed by atoms with van der Waals surface area (Å²) in [7, 11) is -4.05. The van der Waals surface area contributed by atoms with E-state index in [1.807, 2.05) is 0 Å². The molecular formula is C12H13F3O5S. The molecule has 0 radical (unpaired) electrons. The quantitative estimate of drug-likeness (QED) is 0.909. The van der Waals surface area contributed by atoms with Crippen LogP contribution in [0.25, 0.3) is 0 Å². The highest BCUT2D eigenvalue weighted by molar-refractivity contribution is 7.91. The molecule has 0 saturated heterocycles. The fourth-order valence-corrected chi connectivity index (χ4v) is 3.27. The van der Waals surface area contributed by atoms with Crippen LogP contribution in [0.4, 0.5) is 13.2 Å². The summed E-state index contributed by atoms with van der Waals surface area (Å²) in [5.41, 5.74) is 0. The number of ether oxygens (including phenoxy) is 2. The van der Waals surface area contributed by atoms with Gasteiger partial charge in [-0.2, -0.15) is 13.2 Å². The molecule has 1 aliphatic rings. The van der Waals surface area contributed by atoms with Gasteiger partial charge in [-0.25, -0.2) is 8.42 Å². The molecule has 21 heavy (non-hydrogen) atoms. The third-order valence-electron chi connectivity index (χ3n) is 2.75. The first-order valence-electron chi connectivity index (χ1n) is 6.04. The zero-order valence-corrected chi connectivity index (χ0v) is 11.6. The van der Waals surface area contributed by atoms with Gasteiger partial charge in [0, 0.05) is 6.07 Å². The van der Waals surface area contributed by atoms with E-state index in [1.54, 1.807) is 0 Å². The first kappa shape index (κ1) is 15.9. The average Bonchev–Trinajstić information content (AvgIpc) is 2.35. The minimum absolute atomic E-state index is 0.215. The second-order valence-electron chi connectivity index (χ2n) is 4.56. The summed E-state index contributed by atoms with van der Waals surface area (Å²) in [6.45, 7) is 0.594. The van der Waals surface area contributed by atoms with Gasteiger partial charge >= 0.3 is 6.18 Å². The minimum atomic E-state index is -4.62. The van der Waals surface area contributed by atoms with Gasteiger partial charge < -0.3 is 14.6 Å². The van der Waals surface area contributed by atoms with Crippen LogP contribution in [0.2, 0.25) is 0 Å². The maximum absolute atomic E-state index is 12.1. The topological polar surface area (TPSA) is 72.8 Å². The monoisotopic (exact) mass is 326 g/mol. The van der Waals surface area contributed by atoms with Crippen molar-refractivity contribution in [2.75, 3.05) is 19.0 Å². The highest BCUT2D eigenvalue weighted by Crippen LogP contribution is 2.33. The van der Waals surface area contributed by atoms with Crippen molar-refractivity contribution in [2.45, 2.75) is 23.6 Å². The van der Waals surface area contributed by atoms with Gasteiger partial charge in [-0.1, -0.05) is 0 Å². The van der Waals surface area contributed by atoms with Crippen molar-refractivity contribution in [3.8, 4) is 11.5 Å².